The Labute approximate surface area is 196 Å². The van der Waals surface area contributed by atoms with Crippen LogP contribution in [0.15, 0.2) is 35.1 Å². The summed E-state index contributed by atoms with van der Waals surface area (Å²) < 4.78 is 45.5. The molecule has 1 aromatic carbocycles. The van der Waals surface area contributed by atoms with Crippen molar-refractivity contribution >= 4 is 27.5 Å². The number of hydrogen-bond acceptors (Lipinski definition) is 6. The molecule has 1 fully saturated rings. The molecule has 0 amide bonds. The van der Waals surface area contributed by atoms with E-state index in [9.17, 15) is 22.4 Å². The summed E-state index contributed by atoms with van der Waals surface area (Å²) in [4.78, 5) is 32.3. The molecule has 0 radical (unpaired) electrons. The molecule has 1 aliphatic rings. The predicted octanol–water partition coefficient (Wildman–Crippen LogP) is 3.98. The number of hydrogen-bond donors (Lipinski definition) is 3. The highest BCUT2D eigenvalue weighted by atomic mass is 32.1. The van der Waals surface area contributed by atoms with Crippen LogP contribution in [0.2, 0.25) is 0 Å². The van der Waals surface area contributed by atoms with Crippen molar-refractivity contribution in [2.75, 3.05) is 19.6 Å². The van der Waals surface area contributed by atoms with Gasteiger partial charge in [-0.25, -0.2) is 14.2 Å². The molecule has 1 aliphatic heterocycles. The second-order valence-corrected chi connectivity index (χ2v) is 9.03. The smallest absolute Gasteiger partial charge is 0.475 e. The van der Waals surface area contributed by atoms with Gasteiger partial charge in [-0.2, -0.15) is 13.2 Å². The number of H-pyrrole nitrogens is 1. The molecule has 3 heterocycles. The number of aromatic amines is 1. The summed E-state index contributed by atoms with van der Waals surface area (Å²) in [7, 11) is 0. The molecule has 4 rings (SSSR count). The number of carboxylic acid groups (broad SMARTS) is 1. The summed E-state index contributed by atoms with van der Waals surface area (Å²) in [5.74, 6) is -1.83. The first-order valence-corrected chi connectivity index (χ1v) is 11.4. The Bertz CT molecular complexity index is 1180. The first kappa shape index (κ1) is 25.8. The van der Waals surface area contributed by atoms with E-state index in [-0.39, 0.29) is 11.4 Å². The summed E-state index contributed by atoms with van der Waals surface area (Å²) in [6.07, 6.45) is -1.56. The number of thiophene rings is 1. The number of benzene rings is 1. The number of alkyl halides is 3. The van der Waals surface area contributed by atoms with Crippen LogP contribution in [0.3, 0.4) is 0 Å². The molecule has 7 nitrogen and oxygen atoms in total. The zero-order chi connectivity index (χ0) is 24.9. The Morgan fingerprint density at radius 3 is 2.56 bits per heavy atom. The van der Waals surface area contributed by atoms with Gasteiger partial charge in [-0.15, -0.1) is 11.3 Å². The lowest BCUT2D eigenvalue weighted by atomic mass is 10.0. The number of carboxylic acids is 1. The monoisotopic (exact) mass is 500 g/mol. The lowest BCUT2D eigenvalue weighted by Gasteiger charge is -2.22. The number of rotatable bonds is 4. The van der Waals surface area contributed by atoms with Crippen molar-refractivity contribution in [3.05, 3.63) is 52.3 Å². The lowest BCUT2D eigenvalue weighted by Crippen LogP contribution is -2.32. The van der Waals surface area contributed by atoms with Gasteiger partial charge in [0.25, 0.3) is 5.56 Å². The molecule has 3 aromatic rings. The highest BCUT2D eigenvalue weighted by molar-refractivity contribution is 7.22. The van der Waals surface area contributed by atoms with Crippen molar-refractivity contribution in [3.63, 3.8) is 0 Å². The molecule has 0 spiro atoms. The average Bonchev–Trinajstić information content (AvgIpc) is 3.07. The molecule has 34 heavy (non-hydrogen) atoms. The maximum Gasteiger partial charge on any atom is 0.490 e. The molecule has 184 valence electrons. The Morgan fingerprint density at radius 2 is 1.94 bits per heavy atom. The van der Waals surface area contributed by atoms with Crippen LogP contribution >= 0.6 is 11.3 Å². The molecule has 1 saturated heterocycles. The van der Waals surface area contributed by atoms with Crippen molar-refractivity contribution in [2.24, 2.45) is 11.7 Å². The summed E-state index contributed by atoms with van der Waals surface area (Å²) in [6, 6.07) is 8.21. The fourth-order valence-electron chi connectivity index (χ4n) is 3.68. The predicted molar refractivity (Wildman–Crippen MR) is 121 cm³/mol. The van der Waals surface area contributed by atoms with Gasteiger partial charge >= 0.3 is 12.1 Å². The van der Waals surface area contributed by atoms with Crippen LogP contribution in [0.4, 0.5) is 17.6 Å². The van der Waals surface area contributed by atoms with Crippen LogP contribution in [0.1, 0.15) is 25.1 Å². The van der Waals surface area contributed by atoms with Gasteiger partial charge in [-0.3, -0.25) is 9.69 Å². The topological polar surface area (TPSA) is 112 Å². The molecule has 4 N–H and O–H groups in total. The van der Waals surface area contributed by atoms with Crippen molar-refractivity contribution in [1.29, 1.82) is 0 Å². The van der Waals surface area contributed by atoms with Gasteiger partial charge in [0.15, 0.2) is 0 Å². The van der Waals surface area contributed by atoms with Gasteiger partial charge in [0.1, 0.15) is 16.3 Å². The normalized spacial score (nSPS) is 17.1. The van der Waals surface area contributed by atoms with Gasteiger partial charge in [-0.1, -0.05) is 18.6 Å². The highest BCUT2D eigenvalue weighted by Gasteiger charge is 2.38. The first-order chi connectivity index (χ1) is 16.1. The standard InChI is InChI=1S/C20H23FN4OS.C2HF3O2/c21-15-6-4-14(5-7-15)17-9-16-19(27-17)20(26)24-18(23-16)12-25-8-2-1-3-13(10-22)11-25;3-2(4,5)1(6)7/h4-7,9,13H,1-3,8,10-12,22H2,(H,23,24,26);(H,6,7). The van der Waals surface area contributed by atoms with Crippen LogP contribution in [0.25, 0.3) is 20.7 Å². The largest absolute Gasteiger partial charge is 0.490 e. The van der Waals surface area contributed by atoms with E-state index in [1.807, 2.05) is 6.07 Å². The molecular formula is C22H24F4N4O3S. The SMILES string of the molecule is NCC1CCCCN(Cc2nc3cc(-c4ccc(F)cc4)sc3c(=O)[nH]2)C1.O=C(O)C(F)(F)F. The van der Waals surface area contributed by atoms with Gasteiger partial charge in [0.05, 0.1) is 12.1 Å². The van der Waals surface area contributed by atoms with E-state index in [1.54, 1.807) is 12.1 Å². The minimum atomic E-state index is -5.08. The number of fused-ring (bicyclic) bond motifs is 1. The van der Waals surface area contributed by atoms with E-state index >= 15 is 0 Å². The Hall–Kier alpha value is -2.83. The van der Waals surface area contributed by atoms with Crippen molar-refractivity contribution in [1.82, 2.24) is 14.9 Å². The zero-order valence-electron chi connectivity index (χ0n) is 18.1. The van der Waals surface area contributed by atoms with E-state index in [2.05, 4.69) is 14.9 Å². The third-order valence-electron chi connectivity index (χ3n) is 5.36. The number of nitrogens with one attached hydrogen (secondary N) is 1. The van der Waals surface area contributed by atoms with E-state index in [4.69, 9.17) is 15.6 Å². The molecule has 1 atom stereocenters. The quantitative estimate of drug-likeness (QED) is 0.467. The van der Waals surface area contributed by atoms with Gasteiger partial charge in [0, 0.05) is 11.4 Å². The maximum atomic E-state index is 13.2. The number of carbonyl (C=O) groups is 1. The summed E-state index contributed by atoms with van der Waals surface area (Å²) in [6.45, 7) is 3.28. The van der Waals surface area contributed by atoms with Crippen LogP contribution in [-0.2, 0) is 11.3 Å². The molecule has 0 saturated carbocycles. The highest BCUT2D eigenvalue weighted by Crippen LogP contribution is 2.31. The second kappa shape index (κ2) is 11.1. The minimum absolute atomic E-state index is 0.112. The number of likely N-dealkylation sites (tertiary alicyclic amines) is 1. The van der Waals surface area contributed by atoms with E-state index < -0.39 is 12.1 Å². The zero-order valence-corrected chi connectivity index (χ0v) is 18.9. The van der Waals surface area contributed by atoms with Gasteiger partial charge in [0.2, 0.25) is 0 Å². The number of nitrogens with two attached hydrogens (primary N) is 1. The first-order valence-electron chi connectivity index (χ1n) is 10.6. The van der Waals surface area contributed by atoms with Crippen molar-refractivity contribution < 1.29 is 27.5 Å². The number of aromatic nitrogens is 2. The van der Waals surface area contributed by atoms with Crippen molar-refractivity contribution in [3.8, 4) is 10.4 Å². The van der Waals surface area contributed by atoms with Crippen LogP contribution in [0.5, 0.6) is 0 Å². The summed E-state index contributed by atoms with van der Waals surface area (Å²) in [5, 5.41) is 7.12. The molecule has 0 aliphatic carbocycles. The average molecular weight is 501 g/mol. The molecule has 1 unspecified atom stereocenters. The number of aliphatic carboxylic acids is 1. The lowest BCUT2D eigenvalue weighted by molar-refractivity contribution is -0.192. The molecular weight excluding hydrogens is 476 g/mol. The maximum absolute atomic E-state index is 13.2. The minimum Gasteiger partial charge on any atom is -0.475 e. The van der Waals surface area contributed by atoms with E-state index in [0.717, 1.165) is 30.0 Å². The second-order valence-electron chi connectivity index (χ2n) is 7.98. The molecule has 0 bridgehead atoms. The Kier molecular flexibility index (Phi) is 8.39. The number of nitrogens with zero attached hydrogens (tertiary/aromatic N) is 2. The Morgan fingerprint density at radius 1 is 1.26 bits per heavy atom. The van der Waals surface area contributed by atoms with Gasteiger partial charge in [-0.05, 0) is 55.6 Å². The van der Waals surface area contributed by atoms with Crippen LogP contribution < -0.4 is 11.3 Å². The third kappa shape index (κ3) is 6.84. The number of halogens is 4. The molecule has 12 heteroatoms. The Balaban J connectivity index is 0.000000406. The molecule has 2 aromatic heterocycles. The van der Waals surface area contributed by atoms with E-state index in [0.29, 0.717) is 35.0 Å². The van der Waals surface area contributed by atoms with Crippen molar-refractivity contribution in [2.45, 2.75) is 32.0 Å². The third-order valence-corrected chi connectivity index (χ3v) is 6.54. The fraction of sp³-hybridized carbons (Fsp3) is 0.409. The summed E-state index contributed by atoms with van der Waals surface area (Å²) >= 11 is 1.39. The van der Waals surface area contributed by atoms with Crippen LogP contribution in [-0.4, -0.2) is 51.8 Å². The van der Waals surface area contributed by atoms with Crippen LogP contribution in [0, 0.1) is 11.7 Å². The summed E-state index contributed by atoms with van der Waals surface area (Å²) in [5.41, 5.74) is 7.34. The fourth-order valence-corrected chi connectivity index (χ4v) is 4.68. The van der Waals surface area contributed by atoms with Gasteiger partial charge < -0.3 is 15.8 Å². The van der Waals surface area contributed by atoms with E-state index in [1.165, 1.54) is 36.3 Å².